The van der Waals surface area contributed by atoms with E-state index < -0.39 is 0 Å². The standard InChI is InChI=1S/C11H19N3O/c1-5-14-9(4)11(8(3)13-14)10(15)6-7(2)12/h7H,5-6,12H2,1-4H3. The summed E-state index contributed by atoms with van der Waals surface area (Å²) >= 11 is 0. The number of Topliss-reactive ketones (excluding diaryl/α,β-unsaturated/α-hetero) is 1. The summed E-state index contributed by atoms with van der Waals surface area (Å²) in [5, 5.41) is 4.31. The molecule has 0 aliphatic heterocycles. The van der Waals surface area contributed by atoms with Crippen molar-refractivity contribution in [3.8, 4) is 0 Å². The molecule has 0 fully saturated rings. The third-order valence-corrected chi connectivity index (χ3v) is 2.47. The number of nitrogens with zero attached hydrogens (tertiary/aromatic N) is 2. The van der Waals surface area contributed by atoms with Crippen LogP contribution in [0.25, 0.3) is 0 Å². The van der Waals surface area contributed by atoms with E-state index in [0.717, 1.165) is 23.5 Å². The highest BCUT2D eigenvalue weighted by Gasteiger charge is 2.18. The second-order valence-electron chi connectivity index (χ2n) is 3.97. The van der Waals surface area contributed by atoms with Crippen molar-refractivity contribution < 1.29 is 4.79 Å². The van der Waals surface area contributed by atoms with Crippen LogP contribution in [0.4, 0.5) is 0 Å². The lowest BCUT2D eigenvalue weighted by Crippen LogP contribution is -2.20. The highest BCUT2D eigenvalue weighted by Crippen LogP contribution is 2.15. The molecule has 1 aromatic rings. The first kappa shape index (κ1) is 11.9. The molecular formula is C11H19N3O. The van der Waals surface area contributed by atoms with Crippen LogP contribution in [-0.4, -0.2) is 21.6 Å². The predicted octanol–water partition coefficient (Wildman–Crippen LogP) is 1.44. The van der Waals surface area contributed by atoms with Crippen molar-refractivity contribution in [1.82, 2.24) is 9.78 Å². The lowest BCUT2D eigenvalue weighted by Gasteiger charge is -2.04. The fourth-order valence-corrected chi connectivity index (χ4v) is 1.80. The summed E-state index contributed by atoms with van der Waals surface area (Å²) in [6.45, 7) is 8.44. The Morgan fingerprint density at radius 1 is 1.53 bits per heavy atom. The molecule has 4 nitrogen and oxygen atoms in total. The Labute approximate surface area is 90.5 Å². The Morgan fingerprint density at radius 2 is 2.13 bits per heavy atom. The highest BCUT2D eigenvalue weighted by atomic mass is 16.1. The largest absolute Gasteiger partial charge is 0.328 e. The van der Waals surface area contributed by atoms with Gasteiger partial charge in [0.2, 0.25) is 0 Å². The summed E-state index contributed by atoms with van der Waals surface area (Å²) in [5.74, 6) is 0.0969. The zero-order chi connectivity index (χ0) is 11.6. The zero-order valence-electron chi connectivity index (χ0n) is 9.87. The monoisotopic (exact) mass is 209 g/mol. The topological polar surface area (TPSA) is 60.9 Å². The molecule has 4 heteroatoms. The van der Waals surface area contributed by atoms with Crippen molar-refractivity contribution in [2.24, 2.45) is 5.73 Å². The van der Waals surface area contributed by atoms with E-state index in [2.05, 4.69) is 5.10 Å². The number of hydrogen-bond acceptors (Lipinski definition) is 3. The zero-order valence-corrected chi connectivity index (χ0v) is 9.87. The number of aryl methyl sites for hydroxylation is 2. The van der Waals surface area contributed by atoms with E-state index in [1.807, 2.05) is 32.4 Å². The van der Waals surface area contributed by atoms with Crippen LogP contribution in [-0.2, 0) is 6.54 Å². The minimum atomic E-state index is -0.0960. The molecule has 0 aromatic carbocycles. The van der Waals surface area contributed by atoms with Crippen molar-refractivity contribution in [2.45, 2.75) is 46.7 Å². The minimum Gasteiger partial charge on any atom is -0.328 e. The third kappa shape index (κ3) is 2.45. The number of aromatic nitrogens is 2. The van der Waals surface area contributed by atoms with Crippen LogP contribution in [0.2, 0.25) is 0 Å². The molecule has 84 valence electrons. The predicted molar refractivity (Wildman–Crippen MR) is 60.0 cm³/mol. The Balaban J connectivity index is 3.03. The van der Waals surface area contributed by atoms with Gasteiger partial charge in [-0.15, -0.1) is 0 Å². The van der Waals surface area contributed by atoms with Crippen molar-refractivity contribution in [3.05, 3.63) is 17.0 Å². The number of nitrogens with two attached hydrogens (primary N) is 1. The molecule has 0 saturated carbocycles. The van der Waals surface area contributed by atoms with E-state index in [9.17, 15) is 4.79 Å². The Morgan fingerprint density at radius 3 is 2.53 bits per heavy atom. The van der Waals surface area contributed by atoms with Gasteiger partial charge in [-0.25, -0.2) is 0 Å². The molecule has 1 rings (SSSR count). The number of hydrogen-bond donors (Lipinski definition) is 1. The smallest absolute Gasteiger partial charge is 0.168 e. The molecule has 1 unspecified atom stereocenters. The lowest BCUT2D eigenvalue weighted by atomic mass is 10.0. The maximum absolute atomic E-state index is 11.9. The van der Waals surface area contributed by atoms with Gasteiger partial charge < -0.3 is 5.73 Å². The van der Waals surface area contributed by atoms with Gasteiger partial charge in [0, 0.05) is 24.7 Å². The second-order valence-corrected chi connectivity index (χ2v) is 3.97. The minimum absolute atomic E-state index is 0.0960. The summed E-state index contributed by atoms with van der Waals surface area (Å²) in [6.07, 6.45) is 0.386. The Bertz CT molecular complexity index is 366. The fraction of sp³-hybridized carbons (Fsp3) is 0.636. The molecule has 1 heterocycles. The highest BCUT2D eigenvalue weighted by molar-refractivity contribution is 5.98. The van der Waals surface area contributed by atoms with Crippen molar-refractivity contribution in [3.63, 3.8) is 0 Å². The summed E-state index contributed by atoms with van der Waals surface area (Å²) in [4.78, 5) is 11.9. The molecule has 15 heavy (non-hydrogen) atoms. The van der Waals surface area contributed by atoms with Gasteiger partial charge in [0.25, 0.3) is 0 Å². The van der Waals surface area contributed by atoms with E-state index in [4.69, 9.17) is 5.73 Å². The first-order valence-electron chi connectivity index (χ1n) is 5.30. The normalized spacial score (nSPS) is 12.9. The van der Waals surface area contributed by atoms with Gasteiger partial charge >= 0.3 is 0 Å². The van der Waals surface area contributed by atoms with Gasteiger partial charge in [-0.1, -0.05) is 0 Å². The van der Waals surface area contributed by atoms with E-state index in [1.54, 1.807) is 0 Å². The molecule has 1 atom stereocenters. The Hall–Kier alpha value is -1.16. The van der Waals surface area contributed by atoms with Gasteiger partial charge in [-0.3, -0.25) is 9.48 Å². The summed E-state index contributed by atoms with van der Waals surface area (Å²) in [7, 11) is 0. The SMILES string of the molecule is CCn1nc(C)c(C(=O)CC(C)N)c1C. The molecule has 1 aromatic heterocycles. The summed E-state index contributed by atoms with van der Waals surface area (Å²) in [6, 6.07) is -0.0960. The average molecular weight is 209 g/mol. The van der Waals surface area contributed by atoms with Crippen LogP contribution in [0, 0.1) is 13.8 Å². The lowest BCUT2D eigenvalue weighted by molar-refractivity contribution is 0.0975. The number of ketones is 1. The van der Waals surface area contributed by atoms with Crippen LogP contribution in [0.1, 0.15) is 42.0 Å². The van der Waals surface area contributed by atoms with Crippen LogP contribution >= 0.6 is 0 Å². The van der Waals surface area contributed by atoms with E-state index in [0.29, 0.717) is 6.42 Å². The van der Waals surface area contributed by atoms with Crippen molar-refractivity contribution >= 4 is 5.78 Å². The summed E-state index contributed by atoms with van der Waals surface area (Å²) in [5.41, 5.74) is 8.12. The molecule has 2 N–H and O–H groups in total. The van der Waals surface area contributed by atoms with E-state index in [1.165, 1.54) is 0 Å². The van der Waals surface area contributed by atoms with Gasteiger partial charge in [0.05, 0.1) is 11.3 Å². The van der Waals surface area contributed by atoms with Gasteiger partial charge in [-0.05, 0) is 27.7 Å². The summed E-state index contributed by atoms with van der Waals surface area (Å²) < 4.78 is 1.85. The number of rotatable bonds is 4. The molecule has 0 spiro atoms. The van der Waals surface area contributed by atoms with Gasteiger partial charge in [-0.2, -0.15) is 5.10 Å². The third-order valence-electron chi connectivity index (χ3n) is 2.47. The number of carbonyl (C=O) groups is 1. The van der Waals surface area contributed by atoms with Gasteiger partial charge in [0.15, 0.2) is 5.78 Å². The molecule has 0 aliphatic rings. The molecule has 0 amide bonds. The first-order chi connectivity index (χ1) is 6.97. The van der Waals surface area contributed by atoms with E-state index in [-0.39, 0.29) is 11.8 Å². The maximum Gasteiger partial charge on any atom is 0.168 e. The van der Waals surface area contributed by atoms with Crippen LogP contribution in [0.5, 0.6) is 0 Å². The first-order valence-corrected chi connectivity index (χ1v) is 5.30. The molecular weight excluding hydrogens is 190 g/mol. The van der Waals surface area contributed by atoms with E-state index >= 15 is 0 Å². The maximum atomic E-state index is 11.9. The van der Waals surface area contributed by atoms with Crippen molar-refractivity contribution in [2.75, 3.05) is 0 Å². The molecule has 0 saturated heterocycles. The number of carbonyl (C=O) groups excluding carboxylic acids is 1. The molecule has 0 aliphatic carbocycles. The Kier molecular flexibility index (Phi) is 3.63. The van der Waals surface area contributed by atoms with Crippen LogP contribution < -0.4 is 5.73 Å². The van der Waals surface area contributed by atoms with Crippen LogP contribution in [0.3, 0.4) is 0 Å². The average Bonchev–Trinajstić information content (AvgIpc) is 2.40. The van der Waals surface area contributed by atoms with Crippen molar-refractivity contribution in [1.29, 1.82) is 0 Å². The van der Waals surface area contributed by atoms with Gasteiger partial charge in [0.1, 0.15) is 0 Å². The quantitative estimate of drug-likeness (QED) is 0.763. The molecule has 0 radical (unpaired) electrons. The fourth-order valence-electron chi connectivity index (χ4n) is 1.80. The second kappa shape index (κ2) is 4.57. The molecule has 0 bridgehead atoms. The van der Waals surface area contributed by atoms with Crippen LogP contribution in [0.15, 0.2) is 0 Å².